The van der Waals surface area contributed by atoms with Crippen molar-refractivity contribution in [2.75, 3.05) is 33.1 Å². The molecule has 0 N–H and O–H groups in total. The minimum absolute atomic E-state index is 0.230. The Kier molecular flexibility index (Phi) is 5.82. The van der Waals surface area contributed by atoms with Crippen molar-refractivity contribution >= 4 is 11.6 Å². The Morgan fingerprint density at radius 1 is 1.41 bits per heavy atom. The van der Waals surface area contributed by atoms with Gasteiger partial charge in [0, 0.05) is 12.1 Å². The Morgan fingerprint density at radius 3 is 2.82 bits per heavy atom. The highest BCUT2D eigenvalue weighted by molar-refractivity contribution is 6.19. The average molecular weight is 256 g/mol. The monoisotopic (exact) mass is 255 g/mol. The molecule has 1 aromatic rings. The molecule has 92 valence electrons. The first-order chi connectivity index (χ1) is 8.13. The summed E-state index contributed by atoms with van der Waals surface area (Å²) in [5, 5.41) is 0. The lowest BCUT2D eigenvalue weighted by atomic mass is 10.2. The molecule has 0 amide bonds. The maximum absolute atomic E-state index is 13.4. The van der Waals surface area contributed by atoms with E-state index in [1.165, 1.54) is 6.07 Å². The average Bonchev–Trinajstić information content (AvgIpc) is 2.29. The van der Waals surface area contributed by atoms with Gasteiger partial charge in [0.1, 0.15) is 6.61 Å². The van der Waals surface area contributed by atoms with Crippen LogP contribution in [0.2, 0.25) is 0 Å². The first kappa shape index (κ1) is 13.8. The van der Waals surface area contributed by atoms with Crippen molar-refractivity contribution in [1.82, 2.24) is 4.90 Å². The highest BCUT2D eigenvalue weighted by atomic mass is 35.5. The molecule has 0 saturated carbocycles. The molecule has 4 heteroatoms. The van der Waals surface area contributed by atoms with Crippen molar-refractivity contribution < 1.29 is 9.13 Å². The zero-order valence-electron chi connectivity index (χ0n) is 9.96. The molecule has 0 aliphatic rings. The van der Waals surface area contributed by atoms with Crippen LogP contribution in [0, 0.1) is 17.7 Å². The summed E-state index contributed by atoms with van der Waals surface area (Å²) in [6.07, 6.45) is 0. The van der Waals surface area contributed by atoms with E-state index in [2.05, 4.69) is 11.8 Å². The Labute approximate surface area is 106 Å². The minimum atomic E-state index is -0.375. The largest absolute Gasteiger partial charge is 0.489 e. The number of hydrogen-bond donors (Lipinski definition) is 0. The molecule has 0 saturated heterocycles. The highest BCUT2D eigenvalue weighted by Crippen LogP contribution is 2.18. The summed E-state index contributed by atoms with van der Waals surface area (Å²) in [7, 11) is 3.87. The van der Waals surface area contributed by atoms with Gasteiger partial charge in [0.2, 0.25) is 0 Å². The van der Waals surface area contributed by atoms with Crippen LogP contribution in [-0.2, 0) is 0 Å². The molecule has 1 aromatic carbocycles. The number of likely N-dealkylation sites (N-methyl/N-ethyl adjacent to an activating group) is 1. The van der Waals surface area contributed by atoms with Gasteiger partial charge in [-0.25, -0.2) is 4.39 Å². The van der Waals surface area contributed by atoms with Crippen LogP contribution in [0.4, 0.5) is 4.39 Å². The molecule has 2 nitrogen and oxygen atoms in total. The third-order valence-electron chi connectivity index (χ3n) is 2.03. The van der Waals surface area contributed by atoms with E-state index in [4.69, 9.17) is 16.3 Å². The molecule has 0 aliphatic carbocycles. The number of hydrogen-bond acceptors (Lipinski definition) is 2. The number of alkyl halides is 1. The van der Waals surface area contributed by atoms with E-state index in [0.29, 0.717) is 12.2 Å². The zero-order valence-corrected chi connectivity index (χ0v) is 10.7. The van der Waals surface area contributed by atoms with Gasteiger partial charge in [-0.2, -0.15) is 0 Å². The number of nitrogens with zero attached hydrogens (tertiary/aromatic N) is 1. The van der Waals surface area contributed by atoms with Crippen LogP contribution >= 0.6 is 11.6 Å². The summed E-state index contributed by atoms with van der Waals surface area (Å²) in [5.74, 6) is 5.65. The van der Waals surface area contributed by atoms with Crippen molar-refractivity contribution in [3.8, 4) is 17.6 Å². The molecule has 0 radical (unpaired) electrons. The fourth-order valence-electron chi connectivity index (χ4n) is 1.17. The summed E-state index contributed by atoms with van der Waals surface area (Å²) in [5.41, 5.74) is 0.701. The second-order valence-electron chi connectivity index (χ2n) is 3.73. The molecule has 0 aromatic heterocycles. The Balaban J connectivity index is 2.69. The maximum atomic E-state index is 13.4. The van der Waals surface area contributed by atoms with Crippen molar-refractivity contribution in [2.24, 2.45) is 0 Å². The smallest absolute Gasteiger partial charge is 0.165 e. The van der Waals surface area contributed by atoms with Crippen LogP contribution in [0.25, 0.3) is 0 Å². The summed E-state index contributed by atoms with van der Waals surface area (Å²) in [6, 6.07) is 4.54. The van der Waals surface area contributed by atoms with Crippen LogP contribution in [0.15, 0.2) is 18.2 Å². The summed E-state index contributed by atoms with van der Waals surface area (Å²) in [4.78, 5) is 1.97. The lowest BCUT2D eigenvalue weighted by Gasteiger charge is -2.11. The molecule has 1 rings (SSSR count). The Morgan fingerprint density at radius 2 is 2.18 bits per heavy atom. The van der Waals surface area contributed by atoms with Crippen molar-refractivity contribution in [2.45, 2.75) is 0 Å². The van der Waals surface area contributed by atoms with E-state index < -0.39 is 0 Å². The third-order valence-corrected chi connectivity index (χ3v) is 2.16. The summed E-state index contributed by atoms with van der Waals surface area (Å²) in [6.45, 7) is 1.17. The van der Waals surface area contributed by atoms with Crippen LogP contribution in [0.1, 0.15) is 5.56 Å². The SMILES string of the molecule is CN(C)CCOc1cc(C#CCCl)ccc1F. The topological polar surface area (TPSA) is 12.5 Å². The van der Waals surface area contributed by atoms with Gasteiger partial charge in [0.15, 0.2) is 11.6 Å². The van der Waals surface area contributed by atoms with Gasteiger partial charge in [-0.3, -0.25) is 0 Å². The zero-order chi connectivity index (χ0) is 12.7. The van der Waals surface area contributed by atoms with E-state index in [1.807, 2.05) is 19.0 Å². The minimum Gasteiger partial charge on any atom is -0.489 e. The van der Waals surface area contributed by atoms with Gasteiger partial charge in [-0.05, 0) is 32.3 Å². The van der Waals surface area contributed by atoms with Gasteiger partial charge in [-0.1, -0.05) is 11.8 Å². The van der Waals surface area contributed by atoms with E-state index in [0.717, 1.165) is 6.54 Å². The second-order valence-corrected chi connectivity index (χ2v) is 4.00. The summed E-state index contributed by atoms with van der Waals surface area (Å²) >= 11 is 5.46. The van der Waals surface area contributed by atoms with E-state index in [9.17, 15) is 4.39 Å². The molecule has 0 fully saturated rings. The van der Waals surface area contributed by atoms with Crippen LogP contribution in [0.3, 0.4) is 0 Å². The quantitative estimate of drug-likeness (QED) is 0.605. The van der Waals surface area contributed by atoms with Gasteiger partial charge < -0.3 is 9.64 Å². The molecular formula is C13H15ClFNO. The van der Waals surface area contributed by atoms with E-state index in [1.54, 1.807) is 12.1 Å². The lowest BCUT2D eigenvalue weighted by Crippen LogP contribution is -2.19. The predicted molar refractivity (Wildman–Crippen MR) is 68.0 cm³/mol. The maximum Gasteiger partial charge on any atom is 0.165 e. The number of halogens is 2. The fraction of sp³-hybridized carbons (Fsp3) is 0.385. The fourth-order valence-corrected chi connectivity index (χ4v) is 1.23. The van der Waals surface area contributed by atoms with Crippen LogP contribution in [0.5, 0.6) is 5.75 Å². The van der Waals surface area contributed by atoms with E-state index >= 15 is 0 Å². The lowest BCUT2D eigenvalue weighted by molar-refractivity contribution is 0.252. The van der Waals surface area contributed by atoms with Crippen molar-refractivity contribution in [3.05, 3.63) is 29.6 Å². The third kappa shape index (κ3) is 5.08. The Bertz CT molecular complexity index is 423. The van der Waals surface area contributed by atoms with Gasteiger partial charge in [-0.15, -0.1) is 11.6 Å². The molecule has 17 heavy (non-hydrogen) atoms. The van der Waals surface area contributed by atoms with Gasteiger partial charge in [0.25, 0.3) is 0 Å². The molecule has 0 spiro atoms. The molecule has 0 heterocycles. The predicted octanol–water partition coefficient (Wildman–Crippen LogP) is 2.36. The van der Waals surface area contributed by atoms with Gasteiger partial charge in [0.05, 0.1) is 5.88 Å². The van der Waals surface area contributed by atoms with Crippen molar-refractivity contribution in [1.29, 1.82) is 0 Å². The molecular weight excluding hydrogens is 241 g/mol. The Hall–Kier alpha value is -1.24. The molecule has 0 atom stereocenters. The molecule has 0 aliphatic heterocycles. The van der Waals surface area contributed by atoms with E-state index in [-0.39, 0.29) is 17.4 Å². The first-order valence-electron chi connectivity index (χ1n) is 5.25. The molecule has 0 unspecified atom stereocenters. The number of rotatable bonds is 4. The summed E-state index contributed by atoms with van der Waals surface area (Å²) < 4.78 is 18.8. The van der Waals surface area contributed by atoms with Crippen LogP contribution in [-0.4, -0.2) is 38.0 Å². The normalized spacial score (nSPS) is 9.94. The standard InChI is InChI=1S/C13H15ClFNO/c1-16(2)8-9-17-13-10-11(4-3-7-14)5-6-12(13)15/h5-6,10H,7-9H2,1-2H3. The second kappa shape index (κ2) is 7.16. The highest BCUT2D eigenvalue weighted by Gasteiger charge is 2.04. The number of benzene rings is 1. The van der Waals surface area contributed by atoms with Crippen molar-refractivity contribution in [3.63, 3.8) is 0 Å². The number of ether oxygens (including phenoxy) is 1. The first-order valence-corrected chi connectivity index (χ1v) is 5.79. The molecule has 0 bridgehead atoms. The van der Waals surface area contributed by atoms with Gasteiger partial charge >= 0.3 is 0 Å². The van der Waals surface area contributed by atoms with Crippen LogP contribution < -0.4 is 4.74 Å².